The number of hydrogen-bond acceptors (Lipinski definition) is 3. The predicted molar refractivity (Wildman–Crippen MR) is 239 cm³/mol. The minimum atomic E-state index is 0.533. The van der Waals surface area contributed by atoms with E-state index in [9.17, 15) is 0 Å². The molecule has 0 bridgehead atoms. The molecule has 0 atom stereocenters. The van der Waals surface area contributed by atoms with Crippen LogP contribution >= 0.6 is 11.3 Å². The molecular formula is C52H32N2OS. The van der Waals surface area contributed by atoms with Crippen LogP contribution in [0.5, 0.6) is 0 Å². The van der Waals surface area contributed by atoms with Crippen LogP contribution in [-0.4, -0.2) is 4.57 Å². The molecule has 0 unspecified atom stereocenters. The molecule has 0 fully saturated rings. The number of nitrogens with zero attached hydrogens (tertiary/aromatic N) is 2. The van der Waals surface area contributed by atoms with Crippen LogP contribution in [0.1, 0.15) is 1.37 Å². The standard InChI is InChI=1S/C52H32N2OS/c1-2-15-35(16-3-1)53-43-22-12-23-44(50(43)40-30-28-33-14-4-5-18-37(33)52(40)53)54(45-24-13-27-49-51(45)39-20-8-11-26-48(39)56-49)42-21-9-6-17-36(42)34-29-31-47-41(32-34)38-19-7-10-25-46(38)55-47/h1-32H/i27D. The van der Waals surface area contributed by atoms with Gasteiger partial charge in [-0.2, -0.15) is 0 Å². The molecule has 12 aromatic rings. The molecule has 12 rings (SSSR count). The highest BCUT2D eigenvalue weighted by atomic mass is 32.1. The van der Waals surface area contributed by atoms with Crippen molar-refractivity contribution in [2.45, 2.75) is 0 Å². The summed E-state index contributed by atoms with van der Waals surface area (Å²) in [6.45, 7) is 0. The third kappa shape index (κ3) is 4.57. The molecule has 3 heterocycles. The van der Waals surface area contributed by atoms with E-state index >= 15 is 0 Å². The number of thiophene rings is 1. The van der Waals surface area contributed by atoms with Gasteiger partial charge in [-0.25, -0.2) is 0 Å². The number of anilines is 3. The first kappa shape index (κ1) is 30.2. The van der Waals surface area contributed by atoms with E-state index in [2.05, 4.69) is 179 Å². The van der Waals surface area contributed by atoms with E-state index in [0.29, 0.717) is 6.04 Å². The quantitative estimate of drug-likeness (QED) is 0.176. The van der Waals surface area contributed by atoms with Crippen LogP contribution in [0.25, 0.3) is 91.5 Å². The van der Waals surface area contributed by atoms with Crippen molar-refractivity contribution in [1.29, 1.82) is 0 Å². The predicted octanol–water partition coefficient (Wildman–Crippen LogP) is 15.3. The molecule has 0 N–H and O–H groups in total. The number of furan rings is 1. The van der Waals surface area contributed by atoms with Crippen molar-refractivity contribution in [3.05, 3.63) is 194 Å². The van der Waals surface area contributed by atoms with Crippen molar-refractivity contribution in [1.82, 2.24) is 4.57 Å². The molecule has 262 valence electrons. The largest absolute Gasteiger partial charge is 0.456 e. The van der Waals surface area contributed by atoms with Gasteiger partial charge in [0.05, 0.1) is 29.5 Å². The first-order chi connectivity index (χ1) is 28.2. The summed E-state index contributed by atoms with van der Waals surface area (Å²) in [4.78, 5) is 2.46. The molecular weight excluding hydrogens is 701 g/mol. The summed E-state index contributed by atoms with van der Waals surface area (Å²) in [5.41, 5.74) is 10.5. The number of aromatic nitrogens is 1. The highest BCUT2D eigenvalue weighted by Crippen LogP contribution is 2.51. The monoisotopic (exact) mass is 733 g/mol. The molecule has 0 amide bonds. The van der Waals surface area contributed by atoms with Crippen molar-refractivity contribution in [2.75, 3.05) is 4.90 Å². The van der Waals surface area contributed by atoms with E-state index in [4.69, 9.17) is 5.79 Å². The van der Waals surface area contributed by atoms with Gasteiger partial charge in [-0.05, 0) is 77.7 Å². The number of para-hydroxylation sites is 3. The molecule has 0 saturated heterocycles. The normalized spacial score (nSPS) is 12.2. The van der Waals surface area contributed by atoms with Crippen LogP contribution in [0.3, 0.4) is 0 Å². The van der Waals surface area contributed by atoms with E-state index in [1.807, 2.05) is 18.2 Å². The Morgan fingerprint density at radius 2 is 1.20 bits per heavy atom. The second kappa shape index (κ2) is 12.2. The van der Waals surface area contributed by atoms with Crippen molar-refractivity contribution in [3.63, 3.8) is 0 Å². The highest BCUT2D eigenvalue weighted by Gasteiger charge is 2.26. The van der Waals surface area contributed by atoms with Gasteiger partial charge in [0.2, 0.25) is 0 Å². The Bertz CT molecular complexity index is 3560. The van der Waals surface area contributed by atoms with E-state index in [-0.39, 0.29) is 0 Å². The maximum atomic E-state index is 9.14. The fourth-order valence-corrected chi connectivity index (χ4v) is 9.99. The molecule has 0 aliphatic carbocycles. The summed E-state index contributed by atoms with van der Waals surface area (Å²) in [5.74, 6) is 0. The molecule has 0 spiro atoms. The number of hydrogen-bond donors (Lipinski definition) is 0. The van der Waals surface area contributed by atoms with Gasteiger partial charge in [0.1, 0.15) is 11.2 Å². The minimum Gasteiger partial charge on any atom is -0.456 e. The molecule has 4 heteroatoms. The zero-order chi connectivity index (χ0) is 37.6. The SMILES string of the molecule is [2H]c1ccc(N(c2ccccc2-c2ccc3oc4ccccc4c3c2)c2cccc3c2c2ccc4ccccc4c2n3-c2ccccc2)c2c1sc1ccccc12. The summed E-state index contributed by atoms with van der Waals surface area (Å²) in [7, 11) is 0. The Balaban J connectivity index is 1.23. The van der Waals surface area contributed by atoms with Crippen molar-refractivity contribution in [2.24, 2.45) is 0 Å². The lowest BCUT2D eigenvalue weighted by Gasteiger charge is -2.29. The third-order valence-electron chi connectivity index (χ3n) is 11.3. The van der Waals surface area contributed by atoms with E-state index in [1.54, 1.807) is 11.3 Å². The summed E-state index contributed by atoms with van der Waals surface area (Å²) in [5, 5.41) is 9.19. The fraction of sp³-hybridized carbons (Fsp3) is 0. The second-order valence-electron chi connectivity index (χ2n) is 14.4. The average molecular weight is 734 g/mol. The van der Waals surface area contributed by atoms with Gasteiger partial charge in [0.25, 0.3) is 0 Å². The van der Waals surface area contributed by atoms with Crippen molar-refractivity contribution < 1.29 is 5.79 Å². The first-order valence-electron chi connectivity index (χ1n) is 19.4. The van der Waals surface area contributed by atoms with Gasteiger partial charge in [-0.3, -0.25) is 0 Å². The molecule has 9 aromatic carbocycles. The van der Waals surface area contributed by atoms with Gasteiger partial charge in [-0.1, -0.05) is 127 Å². The van der Waals surface area contributed by atoms with E-state index in [0.717, 1.165) is 82.2 Å². The Labute approximate surface area is 327 Å². The topological polar surface area (TPSA) is 21.3 Å². The van der Waals surface area contributed by atoms with Crippen LogP contribution in [-0.2, 0) is 0 Å². The molecule has 3 nitrogen and oxygen atoms in total. The number of benzene rings is 9. The van der Waals surface area contributed by atoms with Crippen LogP contribution in [0.4, 0.5) is 17.1 Å². The Hall–Kier alpha value is -7.14. The maximum Gasteiger partial charge on any atom is 0.135 e. The fourth-order valence-electron chi connectivity index (χ4n) is 8.90. The van der Waals surface area contributed by atoms with Gasteiger partial charge in [0, 0.05) is 58.4 Å². The highest BCUT2D eigenvalue weighted by molar-refractivity contribution is 7.26. The zero-order valence-electron chi connectivity index (χ0n) is 31.1. The molecule has 0 aliphatic rings. The smallest absolute Gasteiger partial charge is 0.135 e. The van der Waals surface area contributed by atoms with Crippen molar-refractivity contribution in [3.8, 4) is 16.8 Å². The second-order valence-corrected chi connectivity index (χ2v) is 15.4. The lowest BCUT2D eigenvalue weighted by Crippen LogP contribution is -2.12. The van der Waals surface area contributed by atoms with E-state index in [1.165, 1.54) is 26.4 Å². The Morgan fingerprint density at radius 3 is 2.12 bits per heavy atom. The summed E-state index contributed by atoms with van der Waals surface area (Å²) >= 11 is 1.69. The van der Waals surface area contributed by atoms with Crippen LogP contribution in [0.2, 0.25) is 0 Å². The van der Waals surface area contributed by atoms with Crippen LogP contribution in [0.15, 0.2) is 199 Å². The van der Waals surface area contributed by atoms with Crippen molar-refractivity contribution >= 4 is 103 Å². The lowest BCUT2D eigenvalue weighted by molar-refractivity contribution is 0.669. The van der Waals surface area contributed by atoms with Crippen LogP contribution < -0.4 is 4.90 Å². The Kier molecular flexibility index (Phi) is 6.58. The van der Waals surface area contributed by atoms with Gasteiger partial charge in [0.15, 0.2) is 0 Å². The molecule has 56 heavy (non-hydrogen) atoms. The number of rotatable bonds is 5. The van der Waals surface area contributed by atoms with E-state index < -0.39 is 0 Å². The third-order valence-corrected chi connectivity index (χ3v) is 12.4. The summed E-state index contributed by atoms with van der Waals surface area (Å²) < 4.78 is 20.0. The Morgan fingerprint density at radius 1 is 0.482 bits per heavy atom. The molecule has 0 radical (unpaired) electrons. The molecule has 0 saturated carbocycles. The minimum absolute atomic E-state index is 0.533. The van der Waals surface area contributed by atoms with Gasteiger partial charge < -0.3 is 13.9 Å². The maximum absolute atomic E-state index is 9.14. The average Bonchev–Trinajstić information content (AvgIpc) is 3.96. The molecule has 0 aliphatic heterocycles. The summed E-state index contributed by atoms with van der Waals surface area (Å²) in [6, 6.07) is 67.5. The zero-order valence-corrected chi connectivity index (χ0v) is 30.9. The van der Waals surface area contributed by atoms with Gasteiger partial charge in [-0.15, -0.1) is 11.3 Å². The van der Waals surface area contributed by atoms with Gasteiger partial charge >= 0.3 is 0 Å². The van der Waals surface area contributed by atoms with Crippen LogP contribution in [0, 0.1) is 0 Å². The molecule has 3 aromatic heterocycles. The lowest BCUT2D eigenvalue weighted by atomic mass is 9.98. The number of fused-ring (bicyclic) bond motifs is 11. The first-order valence-corrected chi connectivity index (χ1v) is 19.7. The summed E-state index contributed by atoms with van der Waals surface area (Å²) in [6.07, 6.45) is 0.